The van der Waals surface area contributed by atoms with E-state index in [4.69, 9.17) is 5.53 Å². The summed E-state index contributed by atoms with van der Waals surface area (Å²) in [5.74, 6) is -0.413. The van der Waals surface area contributed by atoms with Gasteiger partial charge in [-0.1, -0.05) is 12.1 Å². The van der Waals surface area contributed by atoms with Gasteiger partial charge < -0.3 is 5.11 Å². The smallest absolute Gasteiger partial charge is 0.311 e. The molecule has 0 aliphatic heterocycles. The van der Waals surface area contributed by atoms with Gasteiger partial charge in [-0.05, 0) is 0 Å². The standard InChI is InChI=1S/C7H7N3O3/c8-9-4-5-2-1-3-6(7(5)11)10(12)13/h1-3,8,11H,4H2. The minimum atomic E-state index is -0.678. The molecule has 0 bridgehead atoms. The van der Waals surface area contributed by atoms with Crippen LogP contribution in [0.1, 0.15) is 5.56 Å². The van der Waals surface area contributed by atoms with Crippen molar-refractivity contribution in [3.8, 4) is 5.75 Å². The molecule has 13 heavy (non-hydrogen) atoms. The third kappa shape index (κ3) is 1.78. The highest BCUT2D eigenvalue weighted by molar-refractivity contribution is 5.50. The number of aromatic hydroxyl groups is 1. The number of rotatable bonds is 3. The van der Waals surface area contributed by atoms with Gasteiger partial charge >= 0.3 is 5.69 Å². The molecule has 0 amide bonds. The fourth-order valence-electron chi connectivity index (χ4n) is 0.938. The number of para-hydroxylation sites is 1. The number of phenolic OH excluding ortho intramolecular Hbond substituents is 1. The third-order valence-electron chi connectivity index (χ3n) is 1.54. The number of nitro groups is 1. The second kappa shape index (κ2) is 3.61. The van der Waals surface area contributed by atoms with E-state index in [1.165, 1.54) is 18.2 Å². The van der Waals surface area contributed by atoms with Crippen LogP contribution in [-0.4, -0.2) is 10.0 Å². The van der Waals surface area contributed by atoms with Crippen LogP contribution in [0.3, 0.4) is 0 Å². The van der Waals surface area contributed by atoms with Crippen molar-refractivity contribution in [1.82, 2.24) is 0 Å². The number of hydrogen-bond acceptors (Lipinski definition) is 5. The molecule has 68 valence electrons. The van der Waals surface area contributed by atoms with Crippen molar-refractivity contribution >= 4 is 5.69 Å². The second-order valence-corrected chi connectivity index (χ2v) is 2.36. The van der Waals surface area contributed by atoms with Crippen LogP contribution in [0, 0.1) is 15.6 Å². The lowest BCUT2D eigenvalue weighted by molar-refractivity contribution is -0.385. The van der Waals surface area contributed by atoms with Crippen molar-refractivity contribution in [1.29, 1.82) is 5.53 Å². The lowest BCUT2D eigenvalue weighted by Crippen LogP contribution is -1.91. The molecule has 0 fully saturated rings. The van der Waals surface area contributed by atoms with Gasteiger partial charge in [-0.15, -0.1) is 0 Å². The predicted octanol–water partition coefficient (Wildman–Crippen LogP) is 1.83. The fraction of sp³-hybridized carbons (Fsp3) is 0.143. The maximum absolute atomic E-state index is 10.3. The first kappa shape index (κ1) is 9.11. The Morgan fingerprint density at radius 1 is 1.62 bits per heavy atom. The van der Waals surface area contributed by atoms with Crippen LogP contribution >= 0.6 is 0 Å². The van der Waals surface area contributed by atoms with Gasteiger partial charge in [0.05, 0.1) is 11.5 Å². The Balaban J connectivity index is 3.17. The van der Waals surface area contributed by atoms with Gasteiger partial charge in [-0.3, -0.25) is 10.1 Å². The molecule has 1 aromatic rings. The molecule has 0 heterocycles. The average molecular weight is 181 g/mol. The van der Waals surface area contributed by atoms with E-state index < -0.39 is 10.7 Å². The van der Waals surface area contributed by atoms with Crippen molar-refractivity contribution in [2.45, 2.75) is 6.54 Å². The normalized spacial score (nSPS) is 9.54. The molecule has 6 nitrogen and oxygen atoms in total. The first-order valence-corrected chi connectivity index (χ1v) is 3.45. The molecule has 6 heteroatoms. The highest BCUT2D eigenvalue weighted by Gasteiger charge is 2.15. The Bertz CT molecular complexity index is 351. The summed E-state index contributed by atoms with van der Waals surface area (Å²) >= 11 is 0. The minimum Gasteiger partial charge on any atom is -0.502 e. The Hall–Kier alpha value is -1.98. The highest BCUT2D eigenvalue weighted by Crippen LogP contribution is 2.29. The van der Waals surface area contributed by atoms with Gasteiger partial charge in [-0.25, -0.2) is 5.53 Å². The maximum Gasteiger partial charge on any atom is 0.311 e. The minimum absolute atomic E-state index is 0.0481. The zero-order valence-corrected chi connectivity index (χ0v) is 6.60. The van der Waals surface area contributed by atoms with Crippen LogP contribution in [-0.2, 0) is 6.54 Å². The maximum atomic E-state index is 10.3. The van der Waals surface area contributed by atoms with E-state index in [2.05, 4.69) is 5.11 Å². The van der Waals surface area contributed by atoms with Gasteiger partial charge in [0.1, 0.15) is 0 Å². The molecule has 0 aliphatic rings. The summed E-state index contributed by atoms with van der Waals surface area (Å²) in [6, 6.07) is 4.13. The summed E-state index contributed by atoms with van der Waals surface area (Å²) in [6.07, 6.45) is 0. The molecule has 1 aromatic carbocycles. The molecule has 1 rings (SSSR count). The van der Waals surface area contributed by atoms with E-state index in [1.54, 1.807) is 0 Å². The zero-order chi connectivity index (χ0) is 9.84. The topological polar surface area (TPSA) is 99.6 Å². The third-order valence-corrected chi connectivity index (χ3v) is 1.54. The summed E-state index contributed by atoms with van der Waals surface area (Å²) in [6.45, 7) is -0.0481. The van der Waals surface area contributed by atoms with Gasteiger partial charge in [-0.2, -0.15) is 5.11 Å². The van der Waals surface area contributed by atoms with Crippen LogP contribution in [0.25, 0.3) is 0 Å². The van der Waals surface area contributed by atoms with E-state index in [0.29, 0.717) is 0 Å². The lowest BCUT2D eigenvalue weighted by atomic mass is 10.2. The van der Waals surface area contributed by atoms with E-state index in [-0.39, 0.29) is 17.8 Å². The predicted molar refractivity (Wildman–Crippen MR) is 43.6 cm³/mol. The molecule has 2 N–H and O–H groups in total. The number of benzene rings is 1. The van der Waals surface area contributed by atoms with Gasteiger partial charge in [0.2, 0.25) is 0 Å². The molecular formula is C7H7N3O3. The molecule has 0 unspecified atom stereocenters. The van der Waals surface area contributed by atoms with Gasteiger partial charge in [0, 0.05) is 11.6 Å². The zero-order valence-electron chi connectivity index (χ0n) is 6.60. The molecule has 0 aromatic heterocycles. The molecule has 0 saturated carbocycles. The number of phenols is 1. The number of nitro benzene ring substituents is 1. The Morgan fingerprint density at radius 2 is 2.31 bits per heavy atom. The summed E-state index contributed by atoms with van der Waals surface area (Å²) in [5, 5.41) is 22.7. The fourth-order valence-corrected chi connectivity index (χ4v) is 0.938. The summed E-state index contributed by atoms with van der Waals surface area (Å²) < 4.78 is 0. The highest BCUT2D eigenvalue weighted by atomic mass is 16.6. The summed E-state index contributed by atoms with van der Waals surface area (Å²) in [5.41, 5.74) is 6.48. The molecule has 0 saturated heterocycles. The van der Waals surface area contributed by atoms with Crippen LogP contribution in [0.2, 0.25) is 0 Å². The number of nitrogens with one attached hydrogen (secondary N) is 1. The Labute approximate surface area is 73.5 Å². The molecule has 0 spiro atoms. The van der Waals surface area contributed by atoms with Crippen molar-refractivity contribution in [2.24, 2.45) is 5.11 Å². The Kier molecular flexibility index (Phi) is 2.53. The Morgan fingerprint density at radius 3 is 2.85 bits per heavy atom. The average Bonchev–Trinajstić information content (AvgIpc) is 2.08. The van der Waals surface area contributed by atoms with Crippen LogP contribution in [0.5, 0.6) is 5.75 Å². The molecule has 0 aliphatic carbocycles. The second-order valence-electron chi connectivity index (χ2n) is 2.36. The molecular weight excluding hydrogens is 174 g/mol. The van der Waals surface area contributed by atoms with Gasteiger partial charge in [0.25, 0.3) is 0 Å². The van der Waals surface area contributed by atoms with Crippen molar-refractivity contribution < 1.29 is 10.0 Å². The summed E-state index contributed by atoms with van der Waals surface area (Å²) in [7, 11) is 0. The van der Waals surface area contributed by atoms with E-state index >= 15 is 0 Å². The molecule has 0 atom stereocenters. The van der Waals surface area contributed by atoms with Crippen molar-refractivity contribution in [3.63, 3.8) is 0 Å². The van der Waals surface area contributed by atoms with Crippen molar-refractivity contribution in [2.75, 3.05) is 0 Å². The van der Waals surface area contributed by atoms with E-state index in [1.807, 2.05) is 0 Å². The SMILES string of the molecule is N=NCc1cccc([N+](=O)[O-])c1O. The van der Waals surface area contributed by atoms with Crippen LogP contribution in [0.15, 0.2) is 23.3 Å². The number of nitrogens with zero attached hydrogens (tertiary/aromatic N) is 2. The first-order valence-electron chi connectivity index (χ1n) is 3.45. The number of hydrogen-bond donors (Lipinski definition) is 2. The first-order chi connectivity index (χ1) is 6.16. The van der Waals surface area contributed by atoms with Crippen LogP contribution in [0.4, 0.5) is 5.69 Å². The van der Waals surface area contributed by atoms with Crippen molar-refractivity contribution in [3.05, 3.63) is 33.9 Å². The molecule has 0 radical (unpaired) electrons. The quantitative estimate of drug-likeness (QED) is 0.422. The van der Waals surface area contributed by atoms with E-state index in [0.717, 1.165) is 0 Å². The lowest BCUT2D eigenvalue weighted by Gasteiger charge is -1.99. The summed E-state index contributed by atoms with van der Waals surface area (Å²) in [4.78, 5) is 9.67. The van der Waals surface area contributed by atoms with Crippen LogP contribution < -0.4 is 0 Å². The van der Waals surface area contributed by atoms with E-state index in [9.17, 15) is 15.2 Å². The van der Waals surface area contributed by atoms with Gasteiger partial charge in [0.15, 0.2) is 5.75 Å². The monoisotopic (exact) mass is 181 g/mol. The largest absolute Gasteiger partial charge is 0.502 e.